The summed E-state index contributed by atoms with van der Waals surface area (Å²) in [5, 5.41) is 0. The molecule has 112 valence electrons. The Labute approximate surface area is 124 Å². The van der Waals surface area contributed by atoms with E-state index in [2.05, 4.69) is 4.72 Å². The molecule has 3 N–H and O–H groups in total. The summed E-state index contributed by atoms with van der Waals surface area (Å²) in [6.45, 7) is 0.370. The fraction of sp³-hybridized carbons (Fsp3) is 0.200. The molecule has 0 aliphatic rings. The molecule has 0 bridgehead atoms. The number of sulfonamides is 1. The van der Waals surface area contributed by atoms with Crippen molar-refractivity contribution >= 4 is 10.0 Å². The third kappa shape index (κ3) is 3.81. The number of hydrogen-bond acceptors (Lipinski definition) is 4. The number of ether oxygens (including phenoxy) is 1. The SMILES string of the molecule is COc1cccc(CNS(=O)(=O)c2ccccc2CN)c1. The van der Waals surface area contributed by atoms with E-state index in [1.165, 1.54) is 0 Å². The largest absolute Gasteiger partial charge is 0.497 e. The Morgan fingerprint density at radius 2 is 1.90 bits per heavy atom. The van der Waals surface area contributed by atoms with E-state index in [0.717, 1.165) is 5.56 Å². The Kier molecular flexibility index (Phi) is 4.95. The van der Waals surface area contributed by atoms with Gasteiger partial charge in [-0.25, -0.2) is 13.1 Å². The van der Waals surface area contributed by atoms with Gasteiger partial charge in [0.25, 0.3) is 0 Å². The van der Waals surface area contributed by atoms with Crippen LogP contribution in [0.3, 0.4) is 0 Å². The summed E-state index contributed by atoms with van der Waals surface area (Å²) in [7, 11) is -2.02. The molecule has 0 atom stereocenters. The maximum Gasteiger partial charge on any atom is 0.241 e. The van der Waals surface area contributed by atoms with Gasteiger partial charge in [-0.1, -0.05) is 30.3 Å². The lowest BCUT2D eigenvalue weighted by Crippen LogP contribution is -2.24. The quantitative estimate of drug-likeness (QED) is 0.850. The first-order valence-electron chi connectivity index (χ1n) is 6.47. The minimum Gasteiger partial charge on any atom is -0.497 e. The van der Waals surface area contributed by atoms with Gasteiger partial charge in [0.1, 0.15) is 5.75 Å². The second-order valence-electron chi connectivity index (χ2n) is 4.49. The van der Waals surface area contributed by atoms with Gasteiger partial charge in [-0.05, 0) is 29.3 Å². The van der Waals surface area contributed by atoms with Crippen molar-refractivity contribution in [3.8, 4) is 5.75 Å². The Morgan fingerprint density at radius 1 is 1.14 bits per heavy atom. The fourth-order valence-corrected chi connectivity index (χ4v) is 3.24. The van der Waals surface area contributed by atoms with Crippen LogP contribution in [0.5, 0.6) is 5.75 Å². The minimum absolute atomic E-state index is 0.177. The lowest BCUT2D eigenvalue weighted by molar-refractivity contribution is 0.414. The van der Waals surface area contributed by atoms with Crippen LogP contribution in [0.25, 0.3) is 0 Å². The first-order chi connectivity index (χ1) is 10.1. The second-order valence-corrected chi connectivity index (χ2v) is 6.22. The third-order valence-corrected chi connectivity index (χ3v) is 4.58. The van der Waals surface area contributed by atoms with Crippen LogP contribution < -0.4 is 15.2 Å². The molecule has 0 unspecified atom stereocenters. The number of hydrogen-bond donors (Lipinski definition) is 2. The predicted molar refractivity (Wildman–Crippen MR) is 81.4 cm³/mol. The molecule has 0 amide bonds. The average molecular weight is 306 g/mol. The van der Waals surface area contributed by atoms with Gasteiger partial charge < -0.3 is 10.5 Å². The third-order valence-electron chi connectivity index (χ3n) is 3.08. The van der Waals surface area contributed by atoms with Gasteiger partial charge in [0.15, 0.2) is 0 Å². The summed E-state index contributed by atoms with van der Waals surface area (Å²) in [6.07, 6.45) is 0. The standard InChI is InChI=1S/C15H18N2O3S/c1-20-14-7-4-5-12(9-14)11-17-21(18,19)15-8-3-2-6-13(15)10-16/h2-9,17H,10-11,16H2,1H3. The van der Waals surface area contributed by atoms with Crippen molar-refractivity contribution < 1.29 is 13.2 Å². The molecule has 2 aromatic carbocycles. The van der Waals surface area contributed by atoms with Gasteiger partial charge in [0, 0.05) is 13.1 Å². The van der Waals surface area contributed by atoms with Crippen molar-refractivity contribution in [3.05, 3.63) is 59.7 Å². The molecule has 21 heavy (non-hydrogen) atoms. The van der Waals surface area contributed by atoms with E-state index in [0.29, 0.717) is 11.3 Å². The average Bonchev–Trinajstić information content (AvgIpc) is 2.53. The second kappa shape index (κ2) is 6.71. The summed E-state index contributed by atoms with van der Waals surface area (Å²) < 4.78 is 32.4. The summed E-state index contributed by atoms with van der Waals surface area (Å²) in [5.74, 6) is 0.689. The molecule has 0 saturated carbocycles. The molecule has 6 heteroatoms. The normalized spacial score (nSPS) is 11.3. The van der Waals surface area contributed by atoms with Crippen molar-refractivity contribution in [1.29, 1.82) is 0 Å². The Balaban J connectivity index is 2.18. The molecule has 0 fully saturated rings. The van der Waals surface area contributed by atoms with Crippen LogP contribution in [0.15, 0.2) is 53.4 Å². The predicted octanol–water partition coefficient (Wildman–Crippen LogP) is 1.63. The lowest BCUT2D eigenvalue weighted by Gasteiger charge is -2.11. The maximum absolute atomic E-state index is 12.3. The molecular weight excluding hydrogens is 288 g/mol. The van der Waals surface area contributed by atoms with Crippen molar-refractivity contribution in [2.75, 3.05) is 7.11 Å². The Bertz CT molecular complexity index is 714. The maximum atomic E-state index is 12.3. The van der Waals surface area contributed by atoms with Crippen LogP contribution in [0.4, 0.5) is 0 Å². The Hall–Kier alpha value is -1.89. The van der Waals surface area contributed by atoms with Crippen molar-refractivity contribution in [1.82, 2.24) is 4.72 Å². The number of benzene rings is 2. The number of methoxy groups -OCH3 is 1. The van der Waals surface area contributed by atoms with Crippen LogP contribution >= 0.6 is 0 Å². The molecule has 0 aliphatic carbocycles. The highest BCUT2D eigenvalue weighted by Gasteiger charge is 2.17. The van der Waals surface area contributed by atoms with Gasteiger partial charge in [-0.15, -0.1) is 0 Å². The van der Waals surface area contributed by atoms with Crippen LogP contribution in [-0.2, 0) is 23.1 Å². The number of nitrogens with one attached hydrogen (secondary N) is 1. The van der Waals surface area contributed by atoms with E-state index < -0.39 is 10.0 Å². The summed E-state index contributed by atoms with van der Waals surface area (Å²) in [6, 6.07) is 14.0. The van der Waals surface area contributed by atoms with Gasteiger partial charge in [0.05, 0.1) is 12.0 Å². The number of nitrogens with two attached hydrogens (primary N) is 1. The van der Waals surface area contributed by atoms with E-state index >= 15 is 0 Å². The van der Waals surface area contributed by atoms with Gasteiger partial charge in [-0.2, -0.15) is 0 Å². The van der Waals surface area contributed by atoms with E-state index in [1.54, 1.807) is 37.4 Å². The molecule has 0 aliphatic heterocycles. The van der Waals surface area contributed by atoms with E-state index in [1.807, 2.05) is 18.2 Å². The topological polar surface area (TPSA) is 81.4 Å². The molecule has 5 nitrogen and oxygen atoms in total. The number of rotatable bonds is 6. The first-order valence-corrected chi connectivity index (χ1v) is 7.95. The molecule has 2 rings (SSSR count). The zero-order valence-electron chi connectivity index (χ0n) is 11.7. The molecule has 2 aromatic rings. The van der Waals surface area contributed by atoms with Crippen LogP contribution in [0.2, 0.25) is 0 Å². The highest BCUT2D eigenvalue weighted by molar-refractivity contribution is 7.89. The molecule has 0 radical (unpaired) electrons. The van der Waals surface area contributed by atoms with Crippen LogP contribution in [0.1, 0.15) is 11.1 Å². The molecule has 0 heterocycles. The van der Waals surface area contributed by atoms with Crippen LogP contribution in [0, 0.1) is 0 Å². The van der Waals surface area contributed by atoms with E-state index in [-0.39, 0.29) is 18.0 Å². The van der Waals surface area contributed by atoms with Crippen molar-refractivity contribution in [3.63, 3.8) is 0 Å². The van der Waals surface area contributed by atoms with Gasteiger partial charge in [0.2, 0.25) is 10.0 Å². The molecular formula is C15H18N2O3S. The first kappa shape index (κ1) is 15.5. The Morgan fingerprint density at radius 3 is 2.62 bits per heavy atom. The molecule has 0 aromatic heterocycles. The molecule has 0 spiro atoms. The highest BCUT2D eigenvalue weighted by Crippen LogP contribution is 2.16. The zero-order chi connectivity index (χ0) is 15.3. The van der Waals surface area contributed by atoms with Gasteiger partial charge >= 0.3 is 0 Å². The zero-order valence-corrected chi connectivity index (χ0v) is 12.6. The van der Waals surface area contributed by atoms with E-state index in [4.69, 9.17) is 10.5 Å². The lowest BCUT2D eigenvalue weighted by atomic mass is 10.2. The summed E-state index contributed by atoms with van der Waals surface area (Å²) in [4.78, 5) is 0.218. The fourth-order valence-electron chi connectivity index (χ4n) is 1.97. The van der Waals surface area contributed by atoms with Crippen LogP contribution in [-0.4, -0.2) is 15.5 Å². The van der Waals surface area contributed by atoms with Gasteiger partial charge in [-0.3, -0.25) is 0 Å². The minimum atomic E-state index is -3.59. The summed E-state index contributed by atoms with van der Waals surface area (Å²) >= 11 is 0. The van der Waals surface area contributed by atoms with E-state index in [9.17, 15) is 8.42 Å². The highest BCUT2D eigenvalue weighted by atomic mass is 32.2. The van der Waals surface area contributed by atoms with Crippen molar-refractivity contribution in [2.24, 2.45) is 5.73 Å². The smallest absolute Gasteiger partial charge is 0.241 e. The molecule has 0 saturated heterocycles. The monoisotopic (exact) mass is 306 g/mol. The summed E-state index contributed by atoms with van der Waals surface area (Å²) in [5.41, 5.74) is 7.00. The van der Waals surface area contributed by atoms with Crippen molar-refractivity contribution in [2.45, 2.75) is 18.0 Å².